The summed E-state index contributed by atoms with van der Waals surface area (Å²) in [6, 6.07) is 10.4. The highest BCUT2D eigenvalue weighted by atomic mass is 16.5. The molecule has 0 aliphatic heterocycles. The Hall–Kier alpha value is -3.55. The van der Waals surface area contributed by atoms with E-state index in [1.807, 2.05) is 6.07 Å². The Morgan fingerprint density at radius 1 is 1.00 bits per heavy atom. The molecule has 0 bridgehead atoms. The van der Waals surface area contributed by atoms with Gasteiger partial charge in [0.15, 0.2) is 11.5 Å². The molecule has 1 aromatic carbocycles. The van der Waals surface area contributed by atoms with Gasteiger partial charge in [-0.1, -0.05) is 0 Å². The summed E-state index contributed by atoms with van der Waals surface area (Å²) in [5.74, 6) is 1.36. The quantitative estimate of drug-likeness (QED) is 0.706. The molecule has 0 aliphatic rings. The lowest BCUT2D eigenvalue weighted by Crippen LogP contribution is -2.12. The molecule has 0 aliphatic carbocycles. The van der Waals surface area contributed by atoms with Crippen molar-refractivity contribution in [3.8, 4) is 28.6 Å². The van der Waals surface area contributed by atoms with Gasteiger partial charge in [0.25, 0.3) is 5.91 Å². The first kappa shape index (κ1) is 17.3. The van der Waals surface area contributed by atoms with E-state index in [-0.39, 0.29) is 5.91 Å². The third-order valence-electron chi connectivity index (χ3n) is 3.71. The SMILES string of the molecule is COc1ccc(NC(=O)c2cc(-c3ccc(OC)c(OC)c3)n[nH]2)cn1. The number of aromatic amines is 1. The molecule has 8 nitrogen and oxygen atoms in total. The van der Waals surface area contributed by atoms with Crippen molar-refractivity contribution in [2.45, 2.75) is 0 Å². The van der Waals surface area contributed by atoms with Crippen LogP contribution in [0.4, 0.5) is 5.69 Å². The largest absolute Gasteiger partial charge is 0.493 e. The van der Waals surface area contributed by atoms with Gasteiger partial charge < -0.3 is 19.5 Å². The Balaban J connectivity index is 1.77. The number of nitrogens with zero attached hydrogens (tertiary/aromatic N) is 2. The zero-order chi connectivity index (χ0) is 18.5. The smallest absolute Gasteiger partial charge is 0.273 e. The fraction of sp³-hybridized carbons (Fsp3) is 0.167. The van der Waals surface area contributed by atoms with Crippen molar-refractivity contribution in [3.05, 3.63) is 48.3 Å². The summed E-state index contributed by atoms with van der Waals surface area (Å²) < 4.78 is 15.5. The van der Waals surface area contributed by atoms with Crippen molar-refractivity contribution in [1.82, 2.24) is 15.2 Å². The van der Waals surface area contributed by atoms with Crippen LogP contribution in [0, 0.1) is 0 Å². The first-order valence-corrected chi connectivity index (χ1v) is 7.74. The molecule has 3 rings (SSSR count). The number of methoxy groups -OCH3 is 3. The molecule has 0 saturated carbocycles. The number of carbonyl (C=O) groups excluding carboxylic acids is 1. The highest BCUT2D eigenvalue weighted by Crippen LogP contribution is 2.31. The predicted molar refractivity (Wildman–Crippen MR) is 95.9 cm³/mol. The van der Waals surface area contributed by atoms with Crippen LogP contribution in [0.15, 0.2) is 42.6 Å². The lowest BCUT2D eigenvalue weighted by atomic mass is 10.1. The van der Waals surface area contributed by atoms with Gasteiger partial charge in [-0.25, -0.2) is 4.98 Å². The van der Waals surface area contributed by atoms with E-state index in [0.29, 0.717) is 34.5 Å². The van der Waals surface area contributed by atoms with Crippen LogP contribution in [-0.2, 0) is 0 Å². The van der Waals surface area contributed by atoms with Crippen LogP contribution in [0.25, 0.3) is 11.3 Å². The summed E-state index contributed by atoms with van der Waals surface area (Å²) in [5, 5.41) is 9.67. The van der Waals surface area contributed by atoms with Crippen LogP contribution < -0.4 is 19.5 Å². The van der Waals surface area contributed by atoms with E-state index in [9.17, 15) is 4.79 Å². The second-order valence-corrected chi connectivity index (χ2v) is 5.28. The van der Waals surface area contributed by atoms with Crippen LogP contribution >= 0.6 is 0 Å². The van der Waals surface area contributed by atoms with Gasteiger partial charge in [0.2, 0.25) is 5.88 Å². The van der Waals surface area contributed by atoms with Crippen molar-refractivity contribution in [2.24, 2.45) is 0 Å². The standard InChI is InChI=1S/C18H18N4O4/c1-24-15-6-4-11(8-16(15)25-2)13-9-14(22-21-13)18(23)20-12-5-7-17(26-3)19-10-12/h4-10H,1-3H3,(H,20,23)(H,21,22). The van der Waals surface area contributed by atoms with Crippen LogP contribution in [-0.4, -0.2) is 42.4 Å². The van der Waals surface area contributed by atoms with Crippen molar-refractivity contribution in [2.75, 3.05) is 26.6 Å². The molecule has 0 fully saturated rings. The van der Waals surface area contributed by atoms with Crippen LogP contribution in [0.2, 0.25) is 0 Å². The molecule has 0 unspecified atom stereocenters. The average Bonchev–Trinajstić information content (AvgIpc) is 3.18. The number of H-pyrrole nitrogens is 1. The van der Waals surface area contributed by atoms with Crippen molar-refractivity contribution in [3.63, 3.8) is 0 Å². The van der Waals surface area contributed by atoms with E-state index < -0.39 is 0 Å². The summed E-state index contributed by atoms with van der Waals surface area (Å²) in [4.78, 5) is 16.4. The Kier molecular flexibility index (Phi) is 5.02. The summed E-state index contributed by atoms with van der Waals surface area (Å²) in [6.07, 6.45) is 1.52. The van der Waals surface area contributed by atoms with Gasteiger partial charge in [0.05, 0.1) is 38.9 Å². The zero-order valence-electron chi connectivity index (χ0n) is 14.6. The molecule has 0 saturated heterocycles. The van der Waals surface area contributed by atoms with Gasteiger partial charge in [-0.15, -0.1) is 0 Å². The first-order chi connectivity index (χ1) is 12.6. The molecule has 2 N–H and O–H groups in total. The van der Waals surface area contributed by atoms with Gasteiger partial charge >= 0.3 is 0 Å². The second kappa shape index (κ2) is 7.56. The molecular formula is C18H18N4O4. The van der Waals surface area contributed by atoms with E-state index in [2.05, 4.69) is 20.5 Å². The number of anilines is 1. The minimum absolute atomic E-state index is 0.323. The molecule has 3 aromatic rings. The van der Waals surface area contributed by atoms with Gasteiger partial charge in [0.1, 0.15) is 5.69 Å². The van der Waals surface area contributed by atoms with Crippen LogP contribution in [0.5, 0.6) is 17.4 Å². The molecule has 1 amide bonds. The normalized spacial score (nSPS) is 10.3. The number of hydrogen-bond donors (Lipinski definition) is 2. The maximum atomic E-state index is 12.4. The number of carbonyl (C=O) groups is 1. The fourth-order valence-electron chi connectivity index (χ4n) is 2.35. The minimum atomic E-state index is -0.323. The lowest BCUT2D eigenvalue weighted by Gasteiger charge is -2.08. The highest BCUT2D eigenvalue weighted by molar-refractivity contribution is 6.03. The maximum absolute atomic E-state index is 12.4. The average molecular weight is 354 g/mol. The molecule has 2 heterocycles. The number of ether oxygens (including phenoxy) is 3. The topological polar surface area (TPSA) is 98.4 Å². The fourth-order valence-corrected chi connectivity index (χ4v) is 2.35. The number of amides is 1. The van der Waals surface area contributed by atoms with E-state index >= 15 is 0 Å². The number of nitrogens with one attached hydrogen (secondary N) is 2. The van der Waals surface area contributed by atoms with Crippen molar-refractivity contribution < 1.29 is 19.0 Å². The zero-order valence-corrected chi connectivity index (χ0v) is 14.6. The summed E-state index contributed by atoms with van der Waals surface area (Å²) in [6.45, 7) is 0. The molecule has 2 aromatic heterocycles. The predicted octanol–water partition coefficient (Wildman–Crippen LogP) is 2.75. The van der Waals surface area contributed by atoms with E-state index in [0.717, 1.165) is 5.56 Å². The number of hydrogen-bond acceptors (Lipinski definition) is 6. The molecule has 134 valence electrons. The number of benzene rings is 1. The van der Waals surface area contributed by atoms with Crippen LogP contribution in [0.1, 0.15) is 10.5 Å². The Labute approximate surface area is 150 Å². The Morgan fingerprint density at radius 3 is 2.46 bits per heavy atom. The molecule has 8 heteroatoms. The van der Waals surface area contributed by atoms with E-state index in [1.54, 1.807) is 44.6 Å². The highest BCUT2D eigenvalue weighted by Gasteiger charge is 2.13. The Bertz CT molecular complexity index is 906. The van der Waals surface area contributed by atoms with Gasteiger partial charge in [-0.3, -0.25) is 9.89 Å². The van der Waals surface area contributed by atoms with Crippen molar-refractivity contribution >= 4 is 11.6 Å². The minimum Gasteiger partial charge on any atom is -0.493 e. The summed E-state index contributed by atoms with van der Waals surface area (Å²) in [5.41, 5.74) is 2.29. The molecular weight excluding hydrogens is 336 g/mol. The number of rotatable bonds is 6. The van der Waals surface area contributed by atoms with E-state index in [4.69, 9.17) is 14.2 Å². The molecule has 0 spiro atoms. The summed E-state index contributed by atoms with van der Waals surface area (Å²) >= 11 is 0. The summed E-state index contributed by atoms with van der Waals surface area (Å²) in [7, 11) is 4.66. The van der Waals surface area contributed by atoms with Gasteiger partial charge in [-0.2, -0.15) is 5.10 Å². The first-order valence-electron chi connectivity index (χ1n) is 7.74. The van der Waals surface area contributed by atoms with E-state index in [1.165, 1.54) is 13.3 Å². The maximum Gasteiger partial charge on any atom is 0.273 e. The third-order valence-corrected chi connectivity index (χ3v) is 3.71. The van der Waals surface area contributed by atoms with Crippen LogP contribution in [0.3, 0.4) is 0 Å². The number of aromatic nitrogens is 3. The second-order valence-electron chi connectivity index (χ2n) is 5.28. The number of pyridine rings is 1. The van der Waals surface area contributed by atoms with Crippen molar-refractivity contribution in [1.29, 1.82) is 0 Å². The molecule has 0 atom stereocenters. The monoisotopic (exact) mass is 354 g/mol. The third kappa shape index (κ3) is 3.59. The Morgan fingerprint density at radius 2 is 1.81 bits per heavy atom. The van der Waals surface area contributed by atoms with Gasteiger partial charge in [0, 0.05) is 11.6 Å². The lowest BCUT2D eigenvalue weighted by molar-refractivity contribution is 0.102. The molecule has 26 heavy (non-hydrogen) atoms. The molecule has 0 radical (unpaired) electrons. The van der Waals surface area contributed by atoms with Gasteiger partial charge in [-0.05, 0) is 30.3 Å².